The Bertz CT molecular complexity index is 1760. The highest BCUT2D eigenvalue weighted by molar-refractivity contribution is 6.10. The Labute approximate surface area is 213 Å². The molecule has 0 aliphatic carbocycles. The topological polar surface area (TPSA) is 104 Å². The van der Waals surface area contributed by atoms with E-state index in [9.17, 15) is 4.79 Å². The van der Waals surface area contributed by atoms with Gasteiger partial charge in [-0.15, -0.1) is 0 Å². The van der Waals surface area contributed by atoms with Gasteiger partial charge in [0.1, 0.15) is 18.2 Å². The molecule has 4 heterocycles. The zero-order valence-electron chi connectivity index (χ0n) is 20.8. The van der Waals surface area contributed by atoms with Crippen molar-refractivity contribution < 1.29 is 9.53 Å². The van der Waals surface area contributed by atoms with Crippen LogP contribution < -0.4 is 10.5 Å². The summed E-state index contributed by atoms with van der Waals surface area (Å²) in [5.74, 6) is 7.38. The Balaban J connectivity index is 1.27. The van der Waals surface area contributed by atoms with Gasteiger partial charge in [0.25, 0.3) is 5.91 Å². The maximum Gasteiger partial charge on any atom is 0.254 e. The van der Waals surface area contributed by atoms with Crippen LogP contribution in [0.4, 0.5) is 5.82 Å². The van der Waals surface area contributed by atoms with Crippen molar-refractivity contribution in [2.75, 3.05) is 19.4 Å². The van der Waals surface area contributed by atoms with Crippen LogP contribution in [0.5, 0.6) is 5.75 Å². The van der Waals surface area contributed by atoms with Crippen LogP contribution in [0.1, 0.15) is 40.0 Å². The summed E-state index contributed by atoms with van der Waals surface area (Å²) in [5.41, 5.74) is 10.9. The second-order valence-electron chi connectivity index (χ2n) is 9.09. The summed E-state index contributed by atoms with van der Waals surface area (Å²) < 4.78 is 9.56. The minimum Gasteiger partial charge on any atom is -0.491 e. The van der Waals surface area contributed by atoms with Gasteiger partial charge in [-0.3, -0.25) is 14.2 Å². The molecule has 37 heavy (non-hydrogen) atoms. The largest absolute Gasteiger partial charge is 0.491 e. The molecule has 6 rings (SSSR count). The number of aromatic nitrogens is 5. The van der Waals surface area contributed by atoms with Gasteiger partial charge in [-0.1, -0.05) is 17.9 Å². The summed E-state index contributed by atoms with van der Waals surface area (Å²) in [7, 11) is 3.65. The first-order chi connectivity index (χ1) is 17.9. The second kappa shape index (κ2) is 8.68. The molecule has 2 N–H and O–H groups in total. The van der Waals surface area contributed by atoms with Gasteiger partial charge in [0.05, 0.1) is 40.4 Å². The number of carbonyl (C=O) groups is 1. The molecule has 0 saturated carbocycles. The molecule has 1 aliphatic rings. The highest BCUT2D eigenvalue weighted by Crippen LogP contribution is 2.37. The molecule has 0 radical (unpaired) electrons. The number of hydrogen-bond donors (Lipinski definition) is 1. The maximum atomic E-state index is 13.5. The molecule has 1 amide bonds. The van der Waals surface area contributed by atoms with Crippen LogP contribution in [0.2, 0.25) is 0 Å². The van der Waals surface area contributed by atoms with E-state index in [0.717, 1.165) is 50.8 Å². The molecule has 5 aromatic rings. The van der Waals surface area contributed by atoms with Crippen LogP contribution >= 0.6 is 0 Å². The lowest BCUT2D eigenvalue weighted by Gasteiger charge is -2.24. The van der Waals surface area contributed by atoms with Gasteiger partial charge >= 0.3 is 0 Å². The average Bonchev–Trinajstić information content (AvgIpc) is 3.65. The predicted octanol–water partition coefficient (Wildman–Crippen LogP) is 3.53. The van der Waals surface area contributed by atoms with E-state index in [0.29, 0.717) is 18.0 Å². The summed E-state index contributed by atoms with van der Waals surface area (Å²) in [6.07, 6.45) is 5.37. The number of anilines is 1. The Morgan fingerprint density at radius 1 is 1.14 bits per heavy atom. The summed E-state index contributed by atoms with van der Waals surface area (Å²) >= 11 is 0. The normalized spacial score (nSPS) is 14.3. The smallest absolute Gasteiger partial charge is 0.254 e. The number of nitrogens with zero attached hydrogens (tertiary/aromatic N) is 6. The van der Waals surface area contributed by atoms with E-state index in [4.69, 9.17) is 10.5 Å². The molecule has 9 heteroatoms. The fraction of sp³-hybridized carbons (Fsp3) is 0.214. The van der Waals surface area contributed by atoms with E-state index in [-0.39, 0.29) is 11.9 Å². The van der Waals surface area contributed by atoms with Gasteiger partial charge in [-0.2, -0.15) is 10.2 Å². The van der Waals surface area contributed by atoms with Crippen molar-refractivity contribution in [3.8, 4) is 17.6 Å². The van der Waals surface area contributed by atoms with Gasteiger partial charge < -0.3 is 15.4 Å². The molecule has 2 aromatic carbocycles. The van der Waals surface area contributed by atoms with E-state index in [2.05, 4.69) is 27.0 Å². The summed E-state index contributed by atoms with van der Waals surface area (Å²) in [4.78, 5) is 19.7. The number of benzene rings is 2. The van der Waals surface area contributed by atoms with Crippen LogP contribution in [0.25, 0.3) is 21.8 Å². The number of nitrogens with two attached hydrogens (primary N) is 1. The summed E-state index contributed by atoms with van der Waals surface area (Å²) in [6, 6.07) is 11.1. The van der Waals surface area contributed by atoms with Crippen LogP contribution in [0, 0.1) is 11.8 Å². The Hall–Kier alpha value is -4.84. The lowest BCUT2D eigenvalue weighted by atomic mass is 10.0. The fourth-order valence-corrected chi connectivity index (χ4v) is 4.77. The van der Waals surface area contributed by atoms with Gasteiger partial charge in [-0.05, 0) is 37.3 Å². The zero-order chi connectivity index (χ0) is 25.7. The number of rotatable bonds is 3. The minimum atomic E-state index is -0.204. The molecule has 184 valence electrons. The van der Waals surface area contributed by atoms with E-state index in [1.165, 1.54) is 0 Å². The third-order valence-electron chi connectivity index (χ3n) is 6.82. The van der Waals surface area contributed by atoms with Crippen molar-refractivity contribution in [1.29, 1.82) is 0 Å². The molecule has 9 nitrogen and oxygen atoms in total. The fourth-order valence-electron chi connectivity index (χ4n) is 4.77. The van der Waals surface area contributed by atoms with Crippen molar-refractivity contribution in [3.63, 3.8) is 0 Å². The summed E-state index contributed by atoms with van der Waals surface area (Å²) in [6.45, 7) is 3.23. The van der Waals surface area contributed by atoms with Crippen LogP contribution in [0.15, 0.2) is 55.0 Å². The molecule has 0 spiro atoms. The molecular formula is C28H25N7O2. The van der Waals surface area contributed by atoms with E-state index >= 15 is 0 Å². The third kappa shape index (κ3) is 3.83. The molecule has 3 aromatic heterocycles. The van der Waals surface area contributed by atoms with Crippen LogP contribution in [0.3, 0.4) is 0 Å². The summed E-state index contributed by atoms with van der Waals surface area (Å²) in [5, 5.41) is 10.2. The molecule has 0 bridgehead atoms. The minimum absolute atomic E-state index is 0.104. The molecular weight excluding hydrogens is 466 g/mol. The number of aryl methyl sites for hydroxylation is 2. The number of carbonyl (C=O) groups excluding carboxylic acids is 1. The quantitative estimate of drug-likeness (QED) is 0.387. The first kappa shape index (κ1) is 22.6. The molecule has 0 fully saturated rings. The number of amides is 1. The van der Waals surface area contributed by atoms with Crippen molar-refractivity contribution in [1.82, 2.24) is 29.4 Å². The van der Waals surface area contributed by atoms with Crippen molar-refractivity contribution >= 4 is 33.5 Å². The van der Waals surface area contributed by atoms with E-state index < -0.39 is 0 Å². The first-order valence-electron chi connectivity index (χ1n) is 12.0. The number of likely N-dealkylation sites (N-methyl/N-ethyl adjacent to an activating group) is 1. The first-order valence-corrected chi connectivity index (χ1v) is 12.0. The molecule has 1 atom stereocenters. The standard InChI is InChI=1S/C28H25N7O2/c1-4-35-15-18(13-31-35)6-5-17-7-9-20-24(16-37-25(20)11-17)33(2)28(36)19-8-10-23-21(12-19)26-22(27(29)32-23)14-30-34(26)3/h7-15,24H,4,16H2,1-3H3,(H2,29,32). The van der Waals surface area contributed by atoms with E-state index in [1.54, 1.807) is 35.1 Å². The van der Waals surface area contributed by atoms with E-state index in [1.807, 2.05) is 55.2 Å². The third-order valence-corrected chi connectivity index (χ3v) is 6.82. The van der Waals surface area contributed by atoms with Crippen molar-refractivity contribution in [2.45, 2.75) is 19.5 Å². The number of nitrogen functional groups attached to an aromatic ring is 1. The molecule has 1 unspecified atom stereocenters. The highest BCUT2D eigenvalue weighted by atomic mass is 16.5. The van der Waals surface area contributed by atoms with Crippen molar-refractivity contribution in [2.24, 2.45) is 7.05 Å². The Morgan fingerprint density at radius 2 is 1.97 bits per heavy atom. The van der Waals surface area contributed by atoms with Gasteiger partial charge in [0.2, 0.25) is 0 Å². The van der Waals surface area contributed by atoms with Gasteiger partial charge in [0.15, 0.2) is 0 Å². The number of fused-ring (bicyclic) bond motifs is 4. The van der Waals surface area contributed by atoms with Crippen LogP contribution in [-0.4, -0.2) is 49.0 Å². The highest BCUT2D eigenvalue weighted by Gasteiger charge is 2.31. The SMILES string of the molecule is CCn1cc(C#Cc2ccc3c(c2)OCC3N(C)C(=O)c2ccc3nc(N)c4cnn(C)c4c3c2)cn1. The second-order valence-corrected chi connectivity index (χ2v) is 9.09. The van der Waals surface area contributed by atoms with Gasteiger partial charge in [0, 0.05) is 48.9 Å². The van der Waals surface area contributed by atoms with Crippen LogP contribution in [-0.2, 0) is 13.6 Å². The number of ether oxygens (including phenoxy) is 1. The van der Waals surface area contributed by atoms with Crippen molar-refractivity contribution in [3.05, 3.63) is 77.2 Å². The molecule has 1 aliphatic heterocycles. The zero-order valence-corrected chi connectivity index (χ0v) is 20.8. The maximum absolute atomic E-state index is 13.5. The lowest BCUT2D eigenvalue weighted by molar-refractivity contribution is 0.0708. The number of pyridine rings is 1. The number of hydrogen-bond acceptors (Lipinski definition) is 6. The Kier molecular flexibility index (Phi) is 5.30. The average molecular weight is 492 g/mol. The Morgan fingerprint density at radius 3 is 2.78 bits per heavy atom. The predicted molar refractivity (Wildman–Crippen MR) is 141 cm³/mol. The monoisotopic (exact) mass is 491 g/mol. The van der Waals surface area contributed by atoms with Gasteiger partial charge in [-0.25, -0.2) is 4.98 Å². The lowest BCUT2D eigenvalue weighted by Crippen LogP contribution is -2.32. The molecule has 0 saturated heterocycles.